The van der Waals surface area contributed by atoms with Gasteiger partial charge in [0.1, 0.15) is 0 Å². The van der Waals surface area contributed by atoms with Crippen LogP contribution >= 0.6 is 11.6 Å². The van der Waals surface area contributed by atoms with Crippen LogP contribution in [0.2, 0.25) is 5.02 Å². The van der Waals surface area contributed by atoms with Crippen LogP contribution in [0.5, 0.6) is 0 Å². The lowest BCUT2D eigenvalue weighted by Gasteiger charge is -2.19. The molecule has 0 saturated carbocycles. The third-order valence-electron chi connectivity index (χ3n) is 3.39. The Balaban J connectivity index is 2.23. The minimum atomic E-state index is 0.237. The second kappa shape index (κ2) is 5.66. The van der Waals surface area contributed by atoms with E-state index in [0.29, 0.717) is 0 Å². The summed E-state index contributed by atoms with van der Waals surface area (Å²) in [5.41, 5.74) is 6.07. The smallest absolute Gasteiger partial charge is 0.0640 e. The predicted molar refractivity (Wildman–Crippen MR) is 84.1 cm³/mol. The van der Waals surface area contributed by atoms with Crippen molar-refractivity contribution in [2.45, 2.75) is 33.7 Å². The fraction of sp³-hybridized carbons (Fsp3) is 0.294. The number of rotatable bonds is 3. The van der Waals surface area contributed by atoms with Gasteiger partial charge in [0, 0.05) is 6.04 Å². The Hall–Kier alpha value is -1.47. The molecule has 0 aromatic heterocycles. The molecule has 1 atom stereocenters. The van der Waals surface area contributed by atoms with Crippen LogP contribution in [0.25, 0.3) is 0 Å². The molecule has 1 unspecified atom stereocenters. The van der Waals surface area contributed by atoms with E-state index in [4.69, 9.17) is 11.6 Å². The summed E-state index contributed by atoms with van der Waals surface area (Å²) in [7, 11) is 0. The molecular formula is C17H20ClN. The zero-order chi connectivity index (χ0) is 14.0. The van der Waals surface area contributed by atoms with Crippen LogP contribution in [0.3, 0.4) is 0 Å². The van der Waals surface area contributed by atoms with Crippen molar-refractivity contribution in [3.8, 4) is 0 Å². The number of nitrogens with one attached hydrogen (secondary N) is 1. The molecule has 1 N–H and O–H groups in total. The Bertz CT molecular complexity index is 590. The maximum atomic E-state index is 6.26. The molecule has 1 nitrogen and oxygen atoms in total. The SMILES string of the molecule is Cc1ccc(C(C)Nc2ccc(C)cc2Cl)c(C)c1. The van der Waals surface area contributed by atoms with Crippen LogP contribution in [0.4, 0.5) is 5.69 Å². The largest absolute Gasteiger partial charge is 0.377 e. The van der Waals surface area contributed by atoms with Crippen molar-refractivity contribution >= 4 is 17.3 Å². The number of aryl methyl sites for hydroxylation is 3. The lowest BCUT2D eigenvalue weighted by molar-refractivity contribution is 0.873. The van der Waals surface area contributed by atoms with E-state index < -0.39 is 0 Å². The maximum absolute atomic E-state index is 6.26. The number of halogens is 1. The van der Waals surface area contributed by atoms with Gasteiger partial charge in [-0.05, 0) is 56.5 Å². The van der Waals surface area contributed by atoms with E-state index in [1.54, 1.807) is 0 Å². The van der Waals surface area contributed by atoms with E-state index >= 15 is 0 Å². The Kier molecular flexibility index (Phi) is 4.16. The minimum absolute atomic E-state index is 0.237. The summed E-state index contributed by atoms with van der Waals surface area (Å²) >= 11 is 6.26. The molecule has 0 bridgehead atoms. The Labute approximate surface area is 120 Å². The molecule has 100 valence electrons. The van der Waals surface area contributed by atoms with Gasteiger partial charge in [0.15, 0.2) is 0 Å². The lowest BCUT2D eigenvalue weighted by atomic mass is 10.00. The van der Waals surface area contributed by atoms with Gasteiger partial charge in [0.2, 0.25) is 0 Å². The predicted octanol–water partition coefficient (Wildman–Crippen LogP) is 5.44. The van der Waals surface area contributed by atoms with E-state index in [9.17, 15) is 0 Å². The molecule has 0 amide bonds. The molecule has 0 heterocycles. The van der Waals surface area contributed by atoms with E-state index in [-0.39, 0.29) is 6.04 Å². The van der Waals surface area contributed by atoms with Gasteiger partial charge in [-0.2, -0.15) is 0 Å². The molecule has 2 aromatic rings. The quantitative estimate of drug-likeness (QED) is 0.785. The lowest BCUT2D eigenvalue weighted by Crippen LogP contribution is -2.08. The molecule has 0 spiro atoms. The first-order valence-electron chi connectivity index (χ1n) is 6.57. The van der Waals surface area contributed by atoms with Crippen molar-refractivity contribution in [2.75, 3.05) is 5.32 Å². The second-order valence-electron chi connectivity index (χ2n) is 5.21. The van der Waals surface area contributed by atoms with Gasteiger partial charge in [-0.1, -0.05) is 41.4 Å². The third kappa shape index (κ3) is 3.30. The summed E-state index contributed by atoms with van der Waals surface area (Å²) in [5, 5.41) is 4.26. The van der Waals surface area contributed by atoms with Gasteiger partial charge in [-0.3, -0.25) is 0 Å². The molecule has 0 radical (unpaired) electrons. The summed E-state index contributed by atoms with van der Waals surface area (Å²) in [5.74, 6) is 0. The van der Waals surface area contributed by atoms with Crippen molar-refractivity contribution in [3.05, 3.63) is 63.7 Å². The van der Waals surface area contributed by atoms with Crippen molar-refractivity contribution in [1.82, 2.24) is 0 Å². The summed E-state index contributed by atoms with van der Waals surface area (Å²) in [6, 6.07) is 12.9. The summed E-state index contributed by atoms with van der Waals surface area (Å²) in [4.78, 5) is 0. The monoisotopic (exact) mass is 273 g/mol. The number of benzene rings is 2. The van der Waals surface area contributed by atoms with Crippen LogP contribution in [0.15, 0.2) is 36.4 Å². The molecule has 2 rings (SSSR count). The van der Waals surface area contributed by atoms with Crippen LogP contribution in [-0.4, -0.2) is 0 Å². The van der Waals surface area contributed by atoms with Crippen LogP contribution in [-0.2, 0) is 0 Å². The standard InChI is InChI=1S/C17H20ClN/c1-11-5-7-15(13(3)9-11)14(4)19-17-8-6-12(2)10-16(17)18/h5-10,14,19H,1-4H3. The van der Waals surface area contributed by atoms with Crippen LogP contribution < -0.4 is 5.32 Å². The topological polar surface area (TPSA) is 12.0 Å². The highest BCUT2D eigenvalue weighted by Gasteiger charge is 2.10. The van der Waals surface area contributed by atoms with Gasteiger partial charge >= 0.3 is 0 Å². The Morgan fingerprint density at radius 3 is 2.21 bits per heavy atom. The molecule has 2 heteroatoms. The molecule has 0 saturated heterocycles. The van der Waals surface area contributed by atoms with E-state index in [0.717, 1.165) is 10.7 Å². The van der Waals surface area contributed by atoms with Gasteiger partial charge in [-0.25, -0.2) is 0 Å². The highest BCUT2D eigenvalue weighted by Crippen LogP contribution is 2.28. The molecule has 0 fully saturated rings. The Morgan fingerprint density at radius 2 is 1.58 bits per heavy atom. The highest BCUT2D eigenvalue weighted by molar-refractivity contribution is 6.33. The van der Waals surface area contributed by atoms with Crippen molar-refractivity contribution in [2.24, 2.45) is 0 Å². The third-order valence-corrected chi connectivity index (χ3v) is 3.70. The van der Waals surface area contributed by atoms with Crippen LogP contribution in [0, 0.1) is 20.8 Å². The van der Waals surface area contributed by atoms with Gasteiger partial charge < -0.3 is 5.32 Å². The number of hydrogen-bond donors (Lipinski definition) is 1. The van der Waals surface area contributed by atoms with E-state index in [2.05, 4.69) is 50.4 Å². The normalized spacial score (nSPS) is 12.3. The zero-order valence-electron chi connectivity index (χ0n) is 11.9. The first-order valence-corrected chi connectivity index (χ1v) is 6.95. The number of anilines is 1. The van der Waals surface area contributed by atoms with E-state index in [1.807, 2.05) is 19.1 Å². The van der Waals surface area contributed by atoms with Gasteiger partial charge in [0.25, 0.3) is 0 Å². The van der Waals surface area contributed by atoms with Crippen molar-refractivity contribution in [3.63, 3.8) is 0 Å². The van der Waals surface area contributed by atoms with Gasteiger partial charge in [0.05, 0.1) is 10.7 Å². The summed E-state index contributed by atoms with van der Waals surface area (Å²) in [6.07, 6.45) is 0. The minimum Gasteiger partial charge on any atom is -0.377 e. The number of hydrogen-bond acceptors (Lipinski definition) is 1. The average Bonchev–Trinajstić information content (AvgIpc) is 2.32. The fourth-order valence-electron chi connectivity index (χ4n) is 2.36. The molecule has 0 aliphatic heterocycles. The van der Waals surface area contributed by atoms with Crippen LogP contribution in [0.1, 0.15) is 35.2 Å². The second-order valence-corrected chi connectivity index (χ2v) is 5.62. The molecule has 19 heavy (non-hydrogen) atoms. The average molecular weight is 274 g/mol. The first kappa shape index (κ1) is 14.0. The fourth-order valence-corrected chi connectivity index (χ4v) is 2.65. The summed E-state index contributed by atoms with van der Waals surface area (Å²) in [6.45, 7) is 8.47. The van der Waals surface area contributed by atoms with E-state index in [1.165, 1.54) is 22.3 Å². The maximum Gasteiger partial charge on any atom is 0.0640 e. The van der Waals surface area contributed by atoms with Gasteiger partial charge in [-0.15, -0.1) is 0 Å². The Morgan fingerprint density at radius 1 is 0.947 bits per heavy atom. The molecular weight excluding hydrogens is 254 g/mol. The zero-order valence-corrected chi connectivity index (χ0v) is 12.7. The first-order chi connectivity index (χ1) is 8.97. The molecule has 2 aromatic carbocycles. The highest BCUT2D eigenvalue weighted by atomic mass is 35.5. The summed E-state index contributed by atoms with van der Waals surface area (Å²) < 4.78 is 0. The van der Waals surface area contributed by atoms with Crippen molar-refractivity contribution in [1.29, 1.82) is 0 Å². The molecule has 0 aliphatic carbocycles. The molecule has 0 aliphatic rings. The van der Waals surface area contributed by atoms with Crippen molar-refractivity contribution < 1.29 is 0 Å².